The number of benzene rings is 1. The van der Waals surface area contributed by atoms with Gasteiger partial charge in [-0.05, 0) is 18.6 Å². The number of rotatable bonds is 8. The van der Waals surface area contributed by atoms with Crippen LogP contribution in [0.5, 0.6) is 0 Å². The maximum absolute atomic E-state index is 12.0. The van der Waals surface area contributed by atoms with Gasteiger partial charge >= 0.3 is 5.97 Å². The van der Waals surface area contributed by atoms with E-state index in [0.717, 1.165) is 11.3 Å². The first-order valence-corrected chi connectivity index (χ1v) is 7.77. The van der Waals surface area contributed by atoms with Crippen molar-refractivity contribution in [3.63, 3.8) is 0 Å². The van der Waals surface area contributed by atoms with Gasteiger partial charge in [0.05, 0.1) is 5.02 Å². The lowest BCUT2D eigenvalue weighted by Gasteiger charge is -2.19. The van der Waals surface area contributed by atoms with Crippen molar-refractivity contribution in [1.82, 2.24) is 4.90 Å². The highest BCUT2D eigenvalue weighted by Gasteiger charge is 2.15. The third kappa shape index (κ3) is 5.84. The first-order valence-electron chi connectivity index (χ1n) is 6.41. The minimum Gasteiger partial charge on any atom is -0.480 e. The molecule has 0 saturated heterocycles. The normalized spacial score (nSPS) is 10.3. The van der Waals surface area contributed by atoms with Gasteiger partial charge in [0.15, 0.2) is 0 Å². The number of hydrogen-bond acceptors (Lipinski definition) is 3. The van der Waals surface area contributed by atoms with Crippen molar-refractivity contribution < 1.29 is 14.7 Å². The summed E-state index contributed by atoms with van der Waals surface area (Å²) in [5, 5.41) is 9.45. The predicted octanol–water partition coefficient (Wildman–Crippen LogP) is 3.15. The van der Waals surface area contributed by atoms with Gasteiger partial charge in [-0.1, -0.05) is 30.7 Å². The molecule has 1 amide bonds. The van der Waals surface area contributed by atoms with Crippen molar-refractivity contribution >= 4 is 35.2 Å². The third-order valence-corrected chi connectivity index (χ3v) is 4.10. The van der Waals surface area contributed by atoms with Gasteiger partial charge in [0.1, 0.15) is 6.54 Å². The van der Waals surface area contributed by atoms with Gasteiger partial charge in [-0.3, -0.25) is 9.59 Å². The van der Waals surface area contributed by atoms with Crippen molar-refractivity contribution in [3.05, 3.63) is 29.3 Å². The van der Waals surface area contributed by atoms with E-state index in [9.17, 15) is 9.59 Å². The second-order valence-corrected chi connectivity index (χ2v) is 5.78. The molecule has 1 rings (SSSR count). The molecule has 1 aromatic carbocycles. The Hall–Kier alpha value is -1.20. The molecule has 20 heavy (non-hydrogen) atoms. The Bertz CT molecular complexity index is 467. The van der Waals surface area contributed by atoms with Crippen LogP contribution in [0.2, 0.25) is 5.02 Å². The molecule has 0 aliphatic rings. The number of halogens is 1. The monoisotopic (exact) mass is 315 g/mol. The zero-order chi connectivity index (χ0) is 15.0. The second kappa shape index (κ2) is 8.87. The molecule has 1 aromatic rings. The number of aliphatic carboxylic acids is 1. The summed E-state index contributed by atoms with van der Waals surface area (Å²) in [7, 11) is 0. The largest absolute Gasteiger partial charge is 0.480 e. The summed E-state index contributed by atoms with van der Waals surface area (Å²) in [6, 6.07) is 7.45. The summed E-state index contributed by atoms with van der Waals surface area (Å²) in [6.45, 7) is 2.16. The van der Waals surface area contributed by atoms with Crippen LogP contribution in [0.15, 0.2) is 29.2 Å². The molecule has 0 aliphatic carbocycles. The van der Waals surface area contributed by atoms with Gasteiger partial charge < -0.3 is 10.0 Å². The van der Waals surface area contributed by atoms with Crippen LogP contribution in [-0.2, 0) is 9.59 Å². The number of carboxylic acid groups (broad SMARTS) is 1. The predicted molar refractivity (Wildman–Crippen MR) is 81.3 cm³/mol. The van der Waals surface area contributed by atoms with E-state index in [2.05, 4.69) is 0 Å². The molecule has 0 unspecified atom stereocenters. The average molecular weight is 316 g/mol. The Morgan fingerprint density at radius 2 is 2.05 bits per heavy atom. The molecule has 0 saturated carbocycles. The number of carbonyl (C=O) groups excluding carboxylic acids is 1. The van der Waals surface area contributed by atoms with E-state index >= 15 is 0 Å². The highest BCUT2D eigenvalue weighted by atomic mass is 35.5. The standard InChI is InChI=1S/C14H18ClNO3S/c1-2-8-16(10-14(18)19)13(17)7-9-20-12-6-4-3-5-11(12)15/h3-6H,2,7-10H2,1H3,(H,18,19). The van der Waals surface area contributed by atoms with Gasteiger partial charge in [-0.15, -0.1) is 11.8 Å². The molecule has 0 heterocycles. The maximum atomic E-state index is 12.0. The van der Waals surface area contributed by atoms with Crippen LogP contribution in [-0.4, -0.2) is 40.7 Å². The zero-order valence-corrected chi connectivity index (χ0v) is 12.9. The van der Waals surface area contributed by atoms with E-state index in [0.29, 0.717) is 23.7 Å². The fourth-order valence-electron chi connectivity index (χ4n) is 1.69. The fourth-order valence-corrected chi connectivity index (χ4v) is 2.87. The zero-order valence-electron chi connectivity index (χ0n) is 11.3. The first kappa shape index (κ1) is 16.9. The minimum absolute atomic E-state index is 0.131. The molecule has 0 spiro atoms. The smallest absolute Gasteiger partial charge is 0.323 e. The van der Waals surface area contributed by atoms with Gasteiger partial charge in [-0.25, -0.2) is 0 Å². The molecule has 4 nitrogen and oxygen atoms in total. The molecule has 0 radical (unpaired) electrons. The minimum atomic E-state index is -0.981. The number of amides is 1. The topological polar surface area (TPSA) is 57.6 Å². The van der Waals surface area contributed by atoms with Crippen LogP contribution in [0.3, 0.4) is 0 Å². The number of nitrogens with zero attached hydrogens (tertiary/aromatic N) is 1. The lowest BCUT2D eigenvalue weighted by atomic mass is 10.3. The number of carbonyl (C=O) groups is 2. The van der Waals surface area contributed by atoms with Crippen LogP contribution in [0, 0.1) is 0 Å². The Balaban J connectivity index is 2.45. The molecule has 0 atom stereocenters. The Morgan fingerprint density at radius 3 is 2.65 bits per heavy atom. The summed E-state index contributed by atoms with van der Waals surface area (Å²) in [6.07, 6.45) is 1.06. The van der Waals surface area contributed by atoms with Crippen molar-refractivity contribution in [2.45, 2.75) is 24.7 Å². The van der Waals surface area contributed by atoms with Crippen molar-refractivity contribution in [3.8, 4) is 0 Å². The van der Waals surface area contributed by atoms with E-state index in [1.165, 1.54) is 16.7 Å². The quantitative estimate of drug-likeness (QED) is 0.749. The third-order valence-electron chi connectivity index (χ3n) is 2.58. The Kier molecular flexibility index (Phi) is 7.47. The van der Waals surface area contributed by atoms with Gasteiger partial charge in [0.2, 0.25) is 5.91 Å². The Morgan fingerprint density at radius 1 is 1.35 bits per heavy atom. The van der Waals surface area contributed by atoms with E-state index in [4.69, 9.17) is 16.7 Å². The van der Waals surface area contributed by atoms with Crippen molar-refractivity contribution in [1.29, 1.82) is 0 Å². The van der Waals surface area contributed by atoms with Gasteiger partial charge in [-0.2, -0.15) is 0 Å². The molecule has 0 fully saturated rings. The molecule has 0 aromatic heterocycles. The summed E-state index contributed by atoms with van der Waals surface area (Å²) in [5.41, 5.74) is 0. The first-order chi connectivity index (χ1) is 9.54. The highest BCUT2D eigenvalue weighted by molar-refractivity contribution is 7.99. The number of hydrogen-bond donors (Lipinski definition) is 1. The van der Waals surface area contributed by atoms with Crippen molar-refractivity contribution in [2.75, 3.05) is 18.8 Å². The van der Waals surface area contributed by atoms with Crippen molar-refractivity contribution in [2.24, 2.45) is 0 Å². The van der Waals surface area contributed by atoms with E-state index in [1.54, 1.807) is 6.07 Å². The van der Waals surface area contributed by atoms with E-state index in [-0.39, 0.29) is 12.5 Å². The summed E-state index contributed by atoms with van der Waals surface area (Å²) in [5.74, 6) is -0.526. The molecular formula is C14H18ClNO3S. The second-order valence-electron chi connectivity index (χ2n) is 4.24. The number of carboxylic acids is 1. The van der Waals surface area contributed by atoms with E-state index < -0.39 is 5.97 Å². The van der Waals surface area contributed by atoms with Crippen LogP contribution in [0.4, 0.5) is 0 Å². The van der Waals surface area contributed by atoms with Crippen LogP contribution in [0.25, 0.3) is 0 Å². The molecular weight excluding hydrogens is 298 g/mol. The summed E-state index contributed by atoms with van der Waals surface area (Å²) < 4.78 is 0. The SMILES string of the molecule is CCCN(CC(=O)O)C(=O)CCSc1ccccc1Cl. The van der Waals surface area contributed by atoms with Gasteiger partial charge in [0, 0.05) is 23.6 Å². The molecule has 0 bridgehead atoms. The maximum Gasteiger partial charge on any atom is 0.323 e. The molecule has 6 heteroatoms. The van der Waals surface area contributed by atoms with Gasteiger partial charge in [0.25, 0.3) is 0 Å². The Labute approximate surface area is 128 Å². The average Bonchev–Trinajstić information content (AvgIpc) is 2.40. The lowest BCUT2D eigenvalue weighted by molar-refractivity contribution is -0.144. The van der Waals surface area contributed by atoms with Crippen LogP contribution in [0.1, 0.15) is 19.8 Å². The summed E-state index contributed by atoms with van der Waals surface area (Å²) in [4.78, 5) is 25.0. The summed E-state index contributed by atoms with van der Waals surface area (Å²) >= 11 is 7.53. The fraction of sp³-hybridized carbons (Fsp3) is 0.429. The molecule has 110 valence electrons. The lowest BCUT2D eigenvalue weighted by Crippen LogP contribution is -2.36. The molecule has 1 N–H and O–H groups in total. The highest BCUT2D eigenvalue weighted by Crippen LogP contribution is 2.27. The van der Waals surface area contributed by atoms with E-state index in [1.807, 2.05) is 25.1 Å². The molecule has 0 aliphatic heterocycles. The van der Waals surface area contributed by atoms with Crippen LogP contribution >= 0.6 is 23.4 Å². The van der Waals surface area contributed by atoms with Crippen LogP contribution < -0.4 is 0 Å². The number of thioether (sulfide) groups is 1.